The van der Waals surface area contributed by atoms with Crippen molar-refractivity contribution in [3.8, 4) is 5.75 Å². The van der Waals surface area contributed by atoms with Gasteiger partial charge < -0.3 is 14.5 Å². The maximum atomic E-state index is 12.4. The summed E-state index contributed by atoms with van der Waals surface area (Å²) in [7, 11) is 0. The molecule has 1 aromatic carbocycles. The van der Waals surface area contributed by atoms with E-state index in [4.69, 9.17) is 9.15 Å². The number of amides is 1. The molecule has 0 bridgehead atoms. The molecule has 0 aliphatic heterocycles. The molecule has 1 aromatic heterocycles. The predicted octanol–water partition coefficient (Wildman–Crippen LogP) is 2.44. The van der Waals surface area contributed by atoms with Crippen molar-refractivity contribution >= 4 is 34.6 Å². The summed E-state index contributed by atoms with van der Waals surface area (Å²) >= 11 is 1.59. The molecule has 1 atom stereocenters. The van der Waals surface area contributed by atoms with Crippen LogP contribution >= 0.6 is 11.8 Å². The zero-order chi connectivity index (χ0) is 18.7. The Kier molecular flexibility index (Phi) is 5.66. The molecule has 3 rings (SSSR count). The number of hydrogen-bond acceptors (Lipinski definition) is 6. The highest BCUT2D eigenvalue weighted by atomic mass is 32.2. The second-order valence-corrected chi connectivity index (χ2v) is 7.30. The van der Waals surface area contributed by atoms with Crippen LogP contribution in [0, 0.1) is 0 Å². The molecular formula is C19H21NO5S. The van der Waals surface area contributed by atoms with Crippen molar-refractivity contribution < 1.29 is 18.7 Å². The van der Waals surface area contributed by atoms with Crippen LogP contribution in [0.15, 0.2) is 27.4 Å². The zero-order valence-electron chi connectivity index (χ0n) is 14.8. The van der Waals surface area contributed by atoms with Crippen molar-refractivity contribution in [2.75, 3.05) is 12.0 Å². The predicted molar refractivity (Wildman–Crippen MR) is 101 cm³/mol. The smallest absolute Gasteiger partial charge is 0.339 e. The molecular weight excluding hydrogens is 354 g/mol. The van der Waals surface area contributed by atoms with Crippen LogP contribution in [0.2, 0.25) is 0 Å². The molecule has 1 aliphatic carbocycles. The molecule has 0 saturated carbocycles. The molecule has 6 nitrogen and oxygen atoms in total. The fourth-order valence-corrected chi connectivity index (χ4v) is 3.72. The number of esters is 1. The van der Waals surface area contributed by atoms with Crippen LogP contribution in [0.3, 0.4) is 0 Å². The summed E-state index contributed by atoms with van der Waals surface area (Å²) in [6.07, 6.45) is 4.97. The van der Waals surface area contributed by atoms with Gasteiger partial charge in [0.25, 0.3) is 0 Å². The van der Waals surface area contributed by atoms with Crippen LogP contribution in [-0.2, 0) is 22.4 Å². The number of aryl methyl sites for hydroxylation is 1. The molecule has 1 amide bonds. The number of carbonyl (C=O) groups excluding carboxylic acids is 2. The first-order chi connectivity index (χ1) is 12.5. The Hall–Kier alpha value is -2.28. The van der Waals surface area contributed by atoms with E-state index in [-0.39, 0.29) is 11.5 Å². The van der Waals surface area contributed by atoms with E-state index in [1.54, 1.807) is 23.9 Å². The molecule has 138 valence electrons. The van der Waals surface area contributed by atoms with Gasteiger partial charge in [-0.3, -0.25) is 4.79 Å². The summed E-state index contributed by atoms with van der Waals surface area (Å²) in [6.45, 7) is 1.37. The van der Waals surface area contributed by atoms with Crippen molar-refractivity contribution in [2.24, 2.45) is 0 Å². The topological polar surface area (TPSA) is 85.6 Å². The fraction of sp³-hybridized carbons (Fsp3) is 0.421. The van der Waals surface area contributed by atoms with Gasteiger partial charge in [0.2, 0.25) is 5.91 Å². The summed E-state index contributed by atoms with van der Waals surface area (Å²) in [6, 6.07) is 4.37. The van der Waals surface area contributed by atoms with Gasteiger partial charge in [-0.1, -0.05) is 0 Å². The maximum Gasteiger partial charge on any atom is 0.339 e. The monoisotopic (exact) mass is 375 g/mol. The fourth-order valence-electron chi connectivity index (χ4n) is 3.24. The van der Waals surface area contributed by atoms with E-state index in [0.29, 0.717) is 17.8 Å². The number of thioether (sulfide) groups is 1. The number of hydrogen-bond donors (Lipinski definition) is 1. The minimum atomic E-state index is -0.706. The Morgan fingerprint density at radius 1 is 1.31 bits per heavy atom. The molecule has 2 aromatic rings. The minimum Gasteiger partial charge on any atom is -0.425 e. The van der Waals surface area contributed by atoms with Crippen molar-refractivity contribution in [2.45, 2.75) is 38.6 Å². The van der Waals surface area contributed by atoms with E-state index in [1.165, 1.54) is 6.92 Å². The SMILES string of the molecule is CSCC[C@@H](NC(C)=O)C(=O)Oc1ccc2c3c(c(=O)oc2c1)CCC3. The zero-order valence-corrected chi connectivity index (χ0v) is 15.6. The summed E-state index contributed by atoms with van der Waals surface area (Å²) in [4.78, 5) is 35.8. The Labute approximate surface area is 155 Å². The average Bonchev–Trinajstić information content (AvgIpc) is 3.08. The number of benzene rings is 1. The molecule has 0 unspecified atom stereocenters. The number of ether oxygens (including phenoxy) is 1. The lowest BCUT2D eigenvalue weighted by Crippen LogP contribution is -2.42. The van der Waals surface area contributed by atoms with E-state index in [1.807, 2.05) is 12.3 Å². The second-order valence-electron chi connectivity index (χ2n) is 6.31. The van der Waals surface area contributed by atoms with Gasteiger partial charge in [0.05, 0.1) is 0 Å². The van der Waals surface area contributed by atoms with Crippen LogP contribution in [0.25, 0.3) is 11.0 Å². The van der Waals surface area contributed by atoms with Gasteiger partial charge in [-0.25, -0.2) is 9.59 Å². The Morgan fingerprint density at radius 3 is 2.81 bits per heavy atom. The third-order valence-electron chi connectivity index (χ3n) is 4.44. The van der Waals surface area contributed by atoms with Crippen LogP contribution in [0.5, 0.6) is 5.75 Å². The van der Waals surface area contributed by atoms with E-state index in [9.17, 15) is 14.4 Å². The van der Waals surface area contributed by atoms with E-state index < -0.39 is 12.0 Å². The quantitative estimate of drug-likeness (QED) is 0.474. The molecule has 1 heterocycles. The first-order valence-corrected chi connectivity index (χ1v) is 9.95. The molecule has 0 radical (unpaired) electrons. The van der Waals surface area contributed by atoms with Crippen LogP contribution in [0.1, 0.15) is 30.9 Å². The van der Waals surface area contributed by atoms with Crippen molar-refractivity contribution in [3.05, 3.63) is 39.7 Å². The van der Waals surface area contributed by atoms with Crippen LogP contribution < -0.4 is 15.7 Å². The van der Waals surface area contributed by atoms with Gasteiger partial charge >= 0.3 is 11.6 Å². The number of carbonyl (C=O) groups is 2. The molecule has 1 aliphatic rings. The molecule has 7 heteroatoms. The number of fused-ring (bicyclic) bond motifs is 3. The maximum absolute atomic E-state index is 12.4. The standard InChI is InChI=1S/C19H21NO5S/c1-11(21)20-16(8-9-26-2)19(23)24-12-6-7-14-13-4-3-5-15(13)18(22)25-17(14)10-12/h6-7,10,16H,3-5,8-9H2,1-2H3,(H,20,21)/t16-/m1/s1. The molecule has 26 heavy (non-hydrogen) atoms. The Balaban J connectivity index is 1.84. The van der Waals surface area contributed by atoms with Gasteiger partial charge in [0, 0.05) is 23.9 Å². The third-order valence-corrected chi connectivity index (χ3v) is 5.08. The highest BCUT2D eigenvalue weighted by molar-refractivity contribution is 7.98. The van der Waals surface area contributed by atoms with Gasteiger partial charge in [-0.2, -0.15) is 11.8 Å². The highest BCUT2D eigenvalue weighted by Crippen LogP contribution is 2.29. The lowest BCUT2D eigenvalue weighted by atomic mass is 10.1. The summed E-state index contributed by atoms with van der Waals surface area (Å²) < 4.78 is 10.8. The largest absolute Gasteiger partial charge is 0.425 e. The Bertz CT molecular complexity index is 905. The second kappa shape index (κ2) is 7.95. The normalized spacial score (nSPS) is 14.1. The first-order valence-electron chi connectivity index (χ1n) is 8.56. The average molecular weight is 375 g/mol. The molecule has 0 spiro atoms. The van der Waals surface area contributed by atoms with Gasteiger partial charge in [-0.15, -0.1) is 0 Å². The number of rotatable bonds is 6. The van der Waals surface area contributed by atoms with E-state index >= 15 is 0 Å². The number of nitrogens with one attached hydrogen (secondary N) is 1. The van der Waals surface area contributed by atoms with Gasteiger partial charge in [-0.05, 0) is 55.4 Å². The van der Waals surface area contributed by atoms with Crippen LogP contribution in [-0.4, -0.2) is 29.9 Å². The summed E-state index contributed by atoms with van der Waals surface area (Å²) in [5.74, 6) is 0.201. The first kappa shape index (κ1) is 18.5. The van der Waals surface area contributed by atoms with E-state index in [2.05, 4.69) is 5.32 Å². The highest BCUT2D eigenvalue weighted by Gasteiger charge is 2.23. The van der Waals surface area contributed by atoms with Crippen LogP contribution in [0.4, 0.5) is 0 Å². The lowest BCUT2D eigenvalue weighted by Gasteiger charge is -2.16. The third kappa shape index (κ3) is 3.93. The lowest BCUT2D eigenvalue weighted by molar-refractivity contribution is -0.139. The molecule has 0 saturated heterocycles. The summed E-state index contributed by atoms with van der Waals surface area (Å²) in [5.41, 5.74) is 1.89. The van der Waals surface area contributed by atoms with Crippen molar-refractivity contribution in [1.82, 2.24) is 5.32 Å². The minimum absolute atomic E-state index is 0.284. The summed E-state index contributed by atoms with van der Waals surface area (Å²) in [5, 5.41) is 3.50. The van der Waals surface area contributed by atoms with Crippen molar-refractivity contribution in [1.29, 1.82) is 0 Å². The molecule has 1 N–H and O–H groups in total. The molecule has 0 fully saturated rings. The van der Waals surface area contributed by atoms with Gasteiger partial charge in [0.1, 0.15) is 17.4 Å². The van der Waals surface area contributed by atoms with Gasteiger partial charge in [0.15, 0.2) is 0 Å². The van der Waals surface area contributed by atoms with Crippen molar-refractivity contribution in [3.63, 3.8) is 0 Å². The van der Waals surface area contributed by atoms with E-state index in [0.717, 1.165) is 41.5 Å². The Morgan fingerprint density at radius 2 is 2.08 bits per heavy atom.